The molecule has 1 saturated carbocycles. The molecule has 1 aliphatic carbocycles. The largest absolute Gasteiger partial charge is 0.471 e. The van der Waals surface area contributed by atoms with Gasteiger partial charge in [0.05, 0.1) is 11.1 Å². The summed E-state index contributed by atoms with van der Waals surface area (Å²) in [6.45, 7) is 6.33. The van der Waals surface area contributed by atoms with Gasteiger partial charge in [-0.1, -0.05) is 43.0 Å². The summed E-state index contributed by atoms with van der Waals surface area (Å²) in [5, 5.41) is 6.32. The molecule has 3 aromatic rings. The van der Waals surface area contributed by atoms with Gasteiger partial charge in [-0.15, -0.1) is 0 Å². The lowest BCUT2D eigenvalue weighted by Gasteiger charge is -2.17. The minimum atomic E-state index is -0.477. The molecule has 1 heterocycles. The first-order valence-corrected chi connectivity index (χ1v) is 10.4. The van der Waals surface area contributed by atoms with Crippen LogP contribution in [0.2, 0.25) is 0 Å². The SMILES string of the molecule is C=C(N)c1ccc(-c2cc(NC(=O)C3(c4ccc5c(c4)OCN5)CC3)ccc2C)cc1. The fraction of sp³-hybridized carbons (Fsp3) is 0.192. The number of ether oxygens (including phenoxy) is 1. The normalized spacial score (nSPS) is 15.4. The molecule has 3 aromatic carbocycles. The highest BCUT2D eigenvalue weighted by Crippen LogP contribution is 2.50. The van der Waals surface area contributed by atoms with E-state index < -0.39 is 5.41 Å². The summed E-state index contributed by atoms with van der Waals surface area (Å²) in [5.74, 6) is 0.848. The minimum Gasteiger partial charge on any atom is -0.471 e. The molecular formula is C26H25N3O2. The molecule has 31 heavy (non-hydrogen) atoms. The topological polar surface area (TPSA) is 76.4 Å². The second kappa shape index (κ2) is 7.20. The number of fused-ring (bicyclic) bond motifs is 1. The van der Waals surface area contributed by atoms with Crippen LogP contribution in [0.4, 0.5) is 11.4 Å². The van der Waals surface area contributed by atoms with E-state index in [0.717, 1.165) is 57.8 Å². The summed E-state index contributed by atoms with van der Waals surface area (Å²) in [4.78, 5) is 13.3. The number of rotatable bonds is 5. The number of carbonyl (C=O) groups is 1. The molecule has 5 rings (SSSR count). The number of nitrogens with two attached hydrogens (primary N) is 1. The molecule has 0 atom stereocenters. The Morgan fingerprint density at radius 2 is 1.87 bits per heavy atom. The molecule has 2 aliphatic rings. The molecule has 0 spiro atoms. The van der Waals surface area contributed by atoms with Gasteiger partial charge in [0.15, 0.2) is 6.73 Å². The van der Waals surface area contributed by atoms with Gasteiger partial charge in [-0.05, 0) is 71.8 Å². The van der Waals surface area contributed by atoms with Crippen molar-refractivity contribution in [2.75, 3.05) is 17.4 Å². The zero-order valence-corrected chi connectivity index (χ0v) is 17.5. The van der Waals surface area contributed by atoms with E-state index in [0.29, 0.717) is 12.4 Å². The van der Waals surface area contributed by atoms with E-state index in [9.17, 15) is 4.79 Å². The molecule has 1 amide bonds. The van der Waals surface area contributed by atoms with Gasteiger partial charge in [0.1, 0.15) is 5.75 Å². The predicted octanol–water partition coefficient (Wildman–Crippen LogP) is 5.02. The molecule has 0 radical (unpaired) electrons. The van der Waals surface area contributed by atoms with Crippen LogP contribution in [-0.4, -0.2) is 12.6 Å². The molecule has 0 bridgehead atoms. The smallest absolute Gasteiger partial charge is 0.235 e. The number of amides is 1. The summed E-state index contributed by atoms with van der Waals surface area (Å²) >= 11 is 0. The number of nitrogens with one attached hydrogen (secondary N) is 2. The summed E-state index contributed by atoms with van der Waals surface area (Å²) in [6.07, 6.45) is 1.68. The van der Waals surface area contributed by atoms with Gasteiger partial charge in [-0.2, -0.15) is 0 Å². The zero-order chi connectivity index (χ0) is 21.6. The number of aryl methyl sites for hydroxylation is 1. The van der Waals surface area contributed by atoms with Crippen LogP contribution in [0.1, 0.15) is 29.5 Å². The lowest BCUT2D eigenvalue weighted by atomic mass is 9.94. The monoisotopic (exact) mass is 411 g/mol. The van der Waals surface area contributed by atoms with Crippen LogP contribution in [0, 0.1) is 6.92 Å². The van der Waals surface area contributed by atoms with Crippen LogP contribution in [0.5, 0.6) is 5.75 Å². The minimum absolute atomic E-state index is 0.0305. The van der Waals surface area contributed by atoms with E-state index in [4.69, 9.17) is 10.5 Å². The van der Waals surface area contributed by atoms with E-state index in [1.165, 1.54) is 0 Å². The highest BCUT2D eigenvalue weighted by atomic mass is 16.5. The second-order valence-electron chi connectivity index (χ2n) is 8.34. The van der Waals surface area contributed by atoms with Gasteiger partial charge in [0, 0.05) is 11.4 Å². The standard InChI is InChI=1S/C26H25N3O2/c1-16-3-9-21(14-22(16)19-6-4-18(5-7-19)17(2)27)29-25(30)26(11-12-26)20-8-10-23-24(13-20)31-15-28-23/h3-10,13-14,28H,2,11-12,15,27H2,1H3,(H,29,30). The van der Waals surface area contributed by atoms with Gasteiger partial charge in [-0.25, -0.2) is 0 Å². The third-order valence-electron chi connectivity index (χ3n) is 6.27. The maximum Gasteiger partial charge on any atom is 0.235 e. The summed E-state index contributed by atoms with van der Waals surface area (Å²) in [7, 11) is 0. The van der Waals surface area contributed by atoms with Gasteiger partial charge in [-0.3, -0.25) is 4.79 Å². The molecule has 156 valence electrons. The first-order valence-electron chi connectivity index (χ1n) is 10.4. The van der Waals surface area contributed by atoms with Gasteiger partial charge in [0.2, 0.25) is 5.91 Å². The van der Waals surface area contributed by atoms with Crippen molar-refractivity contribution in [3.05, 3.63) is 83.9 Å². The first kappa shape index (κ1) is 19.2. The van der Waals surface area contributed by atoms with E-state index in [1.54, 1.807) is 0 Å². The summed E-state index contributed by atoms with van der Waals surface area (Å²) in [6, 6.07) is 20.0. The molecule has 0 unspecified atom stereocenters. The predicted molar refractivity (Wildman–Crippen MR) is 125 cm³/mol. The molecule has 0 aromatic heterocycles. The van der Waals surface area contributed by atoms with Crippen LogP contribution < -0.4 is 21.1 Å². The Morgan fingerprint density at radius 1 is 1.10 bits per heavy atom. The van der Waals surface area contributed by atoms with Crippen molar-refractivity contribution >= 4 is 23.0 Å². The zero-order valence-electron chi connectivity index (χ0n) is 17.5. The van der Waals surface area contributed by atoms with Crippen molar-refractivity contribution in [2.45, 2.75) is 25.2 Å². The Morgan fingerprint density at radius 3 is 2.58 bits per heavy atom. The quantitative estimate of drug-likeness (QED) is 0.551. The van der Waals surface area contributed by atoms with Crippen molar-refractivity contribution in [2.24, 2.45) is 5.73 Å². The molecular weight excluding hydrogens is 386 g/mol. The van der Waals surface area contributed by atoms with Crippen molar-refractivity contribution in [1.29, 1.82) is 0 Å². The fourth-order valence-corrected chi connectivity index (χ4v) is 4.17. The van der Waals surface area contributed by atoms with E-state index in [2.05, 4.69) is 24.1 Å². The van der Waals surface area contributed by atoms with Crippen molar-refractivity contribution < 1.29 is 9.53 Å². The Bertz CT molecular complexity index is 1190. The second-order valence-corrected chi connectivity index (χ2v) is 8.34. The van der Waals surface area contributed by atoms with Gasteiger partial charge >= 0.3 is 0 Å². The molecule has 5 nitrogen and oxygen atoms in total. The Kier molecular flexibility index (Phi) is 4.47. The Labute approximate surface area is 181 Å². The Hall–Kier alpha value is -3.73. The number of benzene rings is 3. The molecule has 5 heteroatoms. The first-order chi connectivity index (χ1) is 15.0. The lowest BCUT2D eigenvalue weighted by Crippen LogP contribution is -2.27. The maximum absolute atomic E-state index is 13.3. The van der Waals surface area contributed by atoms with Crippen LogP contribution in [0.3, 0.4) is 0 Å². The van der Waals surface area contributed by atoms with E-state index >= 15 is 0 Å². The number of anilines is 2. The molecule has 1 aliphatic heterocycles. The molecule has 4 N–H and O–H groups in total. The third-order valence-corrected chi connectivity index (χ3v) is 6.27. The summed E-state index contributed by atoms with van der Waals surface area (Å²) < 4.78 is 5.60. The molecule has 1 fully saturated rings. The van der Waals surface area contributed by atoms with Crippen LogP contribution in [0.15, 0.2) is 67.2 Å². The maximum atomic E-state index is 13.3. The highest BCUT2D eigenvalue weighted by molar-refractivity contribution is 6.02. The average Bonchev–Trinajstić information content (AvgIpc) is 3.46. The van der Waals surface area contributed by atoms with Crippen LogP contribution in [-0.2, 0) is 10.2 Å². The fourth-order valence-electron chi connectivity index (χ4n) is 4.17. The van der Waals surface area contributed by atoms with Gasteiger partial charge in [0.25, 0.3) is 0 Å². The van der Waals surface area contributed by atoms with E-state index in [-0.39, 0.29) is 5.91 Å². The summed E-state index contributed by atoms with van der Waals surface area (Å²) in [5.41, 5.74) is 12.8. The molecule has 0 saturated heterocycles. The average molecular weight is 412 g/mol. The van der Waals surface area contributed by atoms with Gasteiger partial charge < -0.3 is 21.1 Å². The Balaban J connectivity index is 1.39. The number of carbonyl (C=O) groups excluding carboxylic acids is 1. The third kappa shape index (κ3) is 3.42. The lowest BCUT2D eigenvalue weighted by molar-refractivity contribution is -0.118. The van der Waals surface area contributed by atoms with Crippen LogP contribution >= 0.6 is 0 Å². The number of hydrogen-bond acceptors (Lipinski definition) is 4. The number of hydrogen-bond donors (Lipinski definition) is 3. The van der Waals surface area contributed by atoms with Crippen molar-refractivity contribution in [3.8, 4) is 16.9 Å². The van der Waals surface area contributed by atoms with Crippen molar-refractivity contribution in [3.63, 3.8) is 0 Å². The van der Waals surface area contributed by atoms with Crippen LogP contribution in [0.25, 0.3) is 16.8 Å². The highest BCUT2D eigenvalue weighted by Gasteiger charge is 2.51. The van der Waals surface area contributed by atoms with E-state index in [1.807, 2.05) is 60.7 Å². The van der Waals surface area contributed by atoms with Crippen molar-refractivity contribution in [1.82, 2.24) is 0 Å².